The standard InChI is InChI=1S/C21H21ClN4O5/c1-20(2)30-17-16(9-25-19(28)14-5-3-4-6-15(14)22)29-11-21(17,31-20)10-26-18(27)13-7-23-12-24-8-13/h3-8,12H,9-11H2,1-2H3,(H,25,28)(H,26,27)/t21-/m0/s1. The molecule has 9 nitrogen and oxygen atoms in total. The Morgan fingerprint density at radius 2 is 1.87 bits per heavy atom. The van der Waals surface area contributed by atoms with E-state index in [0.29, 0.717) is 27.7 Å². The van der Waals surface area contributed by atoms with E-state index in [1.165, 1.54) is 18.7 Å². The van der Waals surface area contributed by atoms with Gasteiger partial charge in [0.1, 0.15) is 12.9 Å². The molecule has 2 amide bonds. The fraction of sp³-hybridized carbons (Fsp3) is 0.333. The minimum absolute atomic E-state index is 0.0844. The molecule has 2 aliphatic heterocycles. The number of hydrogen-bond acceptors (Lipinski definition) is 7. The van der Waals surface area contributed by atoms with Crippen LogP contribution in [-0.2, 0) is 14.2 Å². The molecule has 4 rings (SSSR count). The van der Waals surface area contributed by atoms with Gasteiger partial charge in [0, 0.05) is 26.2 Å². The molecule has 0 bridgehead atoms. The van der Waals surface area contributed by atoms with Gasteiger partial charge in [0.05, 0.1) is 29.2 Å². The van der Waals surface area contributed by atoms with Crippen LogP contribution in [0.5, 0.6) is 0 Å². The van der Waals surface area contributed by atoms with Gasteiger partial charge in [0.2, 0.25) is 5.79 Å². The zero-order chi connectivity index (χ0) is 22.1. The number of ether oxygens (including phenoxy) is 3. The van der Waals surface area contributed by atoms with Gasteiger partial charge in [-0.15, -0.1) is 0 Å². The first-order chi connectivity index (χ1) is 14.8. The number of nitrogens with one attached hydrogen (secondary N) is 2. The lowest BCUT2D eigenvalue weighted by Gasteiger charge is -2.25. The second-order valence-corrected chi connectivity index (χ2v) is 8.02. The summed E-state index contributed by atoms with van der Waals surface area (Å²) in [6.07, 6.45) is 4.20. The van der Waals surface area contributed by atoms with Crippen molar-refractivity contribution in [1.82, 2.24) is 20.6 Å². The molecule has 162 valence electrons. The first kappa shape index (κ1) is 21.1. The van der Waals surface area contributed by atoms with E-state index in [1.54, 1.807) is 38.1 Å². The van der Waals surface area contributed by atoms with Crippen LogP contribution in [0.25, 0.3) is 0 Å². The van der Waals surface area contributed by atoms with Gasteiger partial charge in [-0.2, -0.15) is 0 Å². The van der Waals surface area contributed by atoms with Crippen LogP contribution >= 0.6 is 11.6 Å². The number of nitrogens with zero attached hydrogens (tertiary/aromatic N) is 2. The number of carbonyl (C=O) groups is 2. The molecular formula is C21H21ClN4O5. The molecule has 0 aliphatic carbocycles. The van der Waals surface area contributed by atoms with Gasteiger partial charge in [-0.3, -0.25) is 9.59 Å². The third-order valence-corrected chi connectivity index (χ3v) is 5.15. The second-order valence-electron chi connectivity index (χ2n) is 7.61. The summed E-state index contributed by atoms with van der Waals surface area (Å²) in [5.74, 6) is -0.721. The number of carbonyl (C=O) groups excluding carboxylic acids is 2. The predicted octanol–water partition coefficient (Wildman–Crippen LogP) is 2.05. The maximum Gasteiger partial charge on any atom is 0.254 e. The van der Waals surface area contributed by atoms with Crippen LogP contribution in [0.4, 0.5) is 0 Å². The van der Waals surface area contributed by atoms with E-state index in [4.69, 9.17) is 25.8 Å². The molecule has 0 saturated carbocycles. The normalized spacial score (nSPS) is 21.1. The summed E-state index contributed by atoms with van der Waals surface area (Å²) < 4.78 is 17.8. The molecule has 3 heterocycles. The summed E-state index contributed by atoms with van der Waals surface area (Å²) in [6, 6.07) is 6.76. The molecule has 2 aromatic rings. The van der Waals surface area contributed by atoms with Gasteiger partial charge in [-0.1, -0.05) is 23.7 Å². The monoisotopic (exact) mass is 444 g/mol. The van der Waals surface area contributed by atoms with E-state index in [1.807, 2.05) is 0 Å². The molecule has 31 heavy (non-hydrogen) atoms. The van der Waals surface area contributed by atoms with Crippen LogP contribution in [-0.4, -0.2) is 52.9 Å². The Labute approximate surface area is 183 Å². The lowest BCUT2D eigenvalue weighted by molar-refractivity contribution is -0.170. The molecule has 2 N–H and O–H groups in total. The number of amides is 2. The Hall–Kier alpha value is -3.17. The van der Waals surface area contributed by atoms with Crippen LogP contribution in [0.1, 0.15) is 34.6 Å². The summed E-state index contributed by atoms with van der Waals surface area (Å²) in [5.41, 5.74) is -0.312. The second kappa shape index (κ2) is 8.16. The van der Waals surface area contributed by atoms with Crippen molar-refractivity contribution in [2.24, 2.45) is 0 Å². The van der Waals surface area contributed by atoms with Crippen molar-refractivity contribution >= 4 is 23.4 Å². The molecule has 1 atom stereocenters. The maximum atomic E-state index is 12.5. The summed E-state index contributed by atoms with van der Waals surface area (Å²) >= 11 is 6.09. The Kier molecular flexibility index (Phi) is 5.55. The van der Waals surface area contributed by atoms with Gasteiger partial charge >= 0.3 is 0 Å². The quantitative estimate of drug-likeness (QED) is 0.701. The minimum atomic E-state index is -1.00. The summed E-state index contributed by atoms with van der Waals surface area (Å²) in [4.78, 5) is 32.6. The largest absolute Gasteiger partial charge is 0.489 e. The molecule has 10 heteroatoms. The molecule has 1 fully saturated rings. The summed E-state index contributed by atoms with van der Waals surface area (Å²) in [6.45, 7) is 3.87. The molecule has 0 spiro atoms. The molecule has 1 aromatic heterocycles. The highest BCUT2D eigenvalue weighted by Crippen LogP contribution is 2.45. The number of rotatable bonds is 6. The number of fused-ring (bicyclic) bond motifs is 1. The Balaban J connectivity index is 1.48. The lowest BCUT2D eigenvalue weighted by Crippen LogP contribution is -2.46. The fourth-order valence-electron chi connectivity index (χ4n) is 3.49. The van der Waals surface area contributed by atoms with Crippen molar-refractivity contribution in [1.29, 1.82) is 0 Å². The van der Waals surface area contributed by atoms with Gasteiger partial charge in [0.15, 0.2) is 17.1 Å². The summed E-state index contributed by atoms with van der Waals surface area (Å²) in [5, 5.41) is 5.96. The van der Waals surface area contributed by atoms with Crippen molar-refractivity contribution in [2.45, 2.75) is 25.2 Å². The van der Waals surface area contributed by atoms with Gasteiger partial charge in [-0.05, 0) is 12.1 Å². The van der Waals surface area contributed by atoms with E-state index in [2.05, 4.69) is 20.6 Å². The zero-order valence-electron chi connectivity index (χ0n) is 17.0. The maximum absolute atomic E-state index is 12.5. The van der Waals surface area contributed by atoms with E-state index in [9.17, 15) is 9.59 Å². The Bertz CT molecular complexity index is 1040. The fourth-order valence-corrected chi connectivity index (χ4v) is 3.71. The number of hydrogen-bond donors (Lipinski definition) is 2. The average Bonchev–Trinajstić information content (AvgIpc) is 3.21. The lowest BCUT2D eigenvalue weighted by atomic mass is 10.0. The SMILES string of the molecule is CC1(C)OC2=C(CNC(=O)c3ccccc3Cl)OC[C@]2(CNC(=O)c2cncnc2)O1. The van der Waals surface area contributed by atoms with Crippen molar-refractivity contribution in [2.75, 3.05) is 19.7 Å². The number of benzene rings is 1. The van der Waals surface area contributed by atoms with Crippen LogP contribution in [0.2, 0.25) is 5.02 Å². The third kappa shape index (κ3) is 4.33. The minimum Gasteiger partial charge on any atom is -0.489 e. The first-order valence-electron chi connectivity index (χ1n) is 9.61. The third-order valence-electron chi connectivity index (χ3n) is 4.82. The van der Waals surface area contributed by atoms with E-state index in [0.717, 1.165) is 0 Å². The van der Waals surface area contributed by atoms with Gasteiger partial charge < -0.3 is 24.8 Å². The number of aromatic nitrogens is 2. The van der Waals surface area contributed by atoms with Gasteiger partial charge in [0.25, 0.3) is 11.8 Å². The molecule has 1 aromatic carbocycles. The van der Waals surface area contributed by atoms with Crippen LogP contribution in [0.15, 0.2) is 54.5 Å². The highest BCUT2D eigenvalue weighted by molar-refractivity contribution is 6.33. The first-order valence-corrected chi connectivity index (χ1v) is 9.99. The predicted molar refractivity (Wildman–Crippen MR) is 110 cm³/mol. The van der Waals surface area contributed by atoms with Crippen molar-refractivity contribution in [3.63, 3.8) is 0 Å². The highest BCUT2D eigenvalue weighted by Gasteiger charge is 2.56. The topological polar surface area (TPSA) is 112 Å². The molecule has 0 radical (unpaired) electrons. The van der Waals surface area contributed by atoms with Crippen LogP contribution < -0.4 is 10.6 Å². The van der Waals surface area contributed by atoms with Crippen LogP contribution in [0, 0.1) is 0 Å². The smallest absolute Gasteiger partial charge is 0.254 e. The Morgan fingerprint density at radius 1 is 1.13 bits per heavy atom. The molecular weight excluding hydrogens is 424 g/mol. The molecule has 2 aliphatic rings. The van der Waals surface area contributed by atoms with Crippen LogP contribution in [0.3, 0.4) is 0 Å². The molecule has 1 saturated heterocycles. The van der Waals surface area contributed by atoms with Crippen molar-refractivity contribution in [3.8, 4) is 0 Å². The van der Waals surface area contributed by atoms with E-state index < -0.39 is 11.4 Å². The highest BCUT2D eigenvalue weighted by atomic mass is 35.5. The average molecular weight is 445 g/mol. The Morgan fingerprint density at radius 3 is 2.61 bits per heavy atom. The summed E-state index contributed by atoms with van der Waals surface area (Å²) in [7, 11) is 0. The van der Waals surface area contributed by atoms with Crippen molar-refractivity contribution in [3.05, 3.63) is 70.7 Å². The zero-order valence-corrected chi connectivity index (χ0v) is 17.7. The van der Waals surface area contributed by atoms with E-state index in [-0.39, 0.29) is 31.5 Å². The van der Waals surface area contributed by atoms with Gasteiger partial charge in [-0.25, -0.2) is 9.97 Å². The number of halogens is 1. The van der Waals surface area contributed by atoms with Crippen molar-refractivity contribution < 1.29 is 23.8 Å². The van der Waals surface area contributed by atoms with E-state index >= 15 is 0 Å². The molecule has 0 unspecified atom stereocenters.